The molecule has 0 saturated heterocycles. The monoisotopic (exact) mass is 309 g/mol. The number of carbonyl (C=O) groups excluding carboxylic acids is 1. The highest BCUT2D eigenvalue weighted by Gasteiger charge is 2.47. The van der Waals surface area contributed by atoms with Crippen molar-refractivity contribution in [1.82, 2.24) is 0 Å². The number of aliphatic imine (C=N–C) groups is 1. The number of nitrogens with zero attached hydrogens (tertiary/aromatic N) is 1. The van der Waals surface area contributed by atoms with Crippen LogP contribution in [0.15, 0.2) is 21.6 Å². The summed E-state index contributed by atoms with van der Waals surface area (Å²) in [5.74, 6) is 1.44. The van der Waals surface area contributed by atoms with Crippen LogP contribution < -0.4 is 9.47 Å². The Morgan fingerprint density at radius 3 is 2.61 bits per heavy atom. The fraction of sp³-hybridized carbons (Fsp3) is 0.462. The summed E-state index contributed by atoms with van der Waals surface area (Å²) in [7, 11) is 0. The molecule has 1 aromatic rings. The van der Waals surface area contributed by atoms with Gasteiger partial charge in [0.2, 0.25) is 6.08 Å². The summed E-state index contributed by atoms with van der Waals surface area (Å²) in [4.78, 5) is 14.5. The van der Waals surface area contributed by atoms with Crippen molar-refractivity contribution in [3.63, 3.8) is 0 Å². The van der Waals surface area contributed by atoms with E-state index in [9.17, 15) is 4.79 Å². The molecule has 1 aliphatic carbocycles. The van der Waals surface area contributed by atoms with Crippen molar-refractivity contribution in [2.45, 2.75) is 24.8 Å². The lowest BCUT2D eigenvalue weighted by atomic mass is 10.0. The van der Waals surface area contributed by atoms with E-state index >= 15 is 0 Å². The number of benzene rings is 1. The van der Waals surface area contributed by atoms with E-state index in [2.05, 4.69) is 20.9 Å². The van der Waals surface area contributed by atoms with Gasteiger partial charge in [-0.15, -0.1) is 0 Å². The summed E-state index contributed by atoms with van der Waals surface area (Å²) in [5, 5.41) is 0. The number of hydrogen-bond donors (Lipinski definition) is 0. The van der Waals surface area contributed by atoms with Gasteiger partial charge in [0.1, 0.15) is 5.54 Å². The van der Waals surface area contributed by atoms with Crippen LogP contribution in [-0.4, -0.2) is 19.3 Å². The fourth-order valence-electron chi connectivity index (χ4n) is 2.24. The summed E-state index contributed by atoms with van der Waals surface area (Å²) in [5.41, 5.74) is 0.506. The van der Waals surface area contributed by atoms with Gasteiger partial charge in [0.05, 0.1) is 17.7 Å². The van der Waals surface area contributed by atoms with E-state index < -0.39 is 5.54 Å². The molecule has 0 spiro atoms. The Bertz CT molecular complexity index is 533. The lowest BCUT2D eigenvalue weighted by Gasteiger charge is -2.17. The Hall–Kier alpha value is -1.32. The number of fused-ring (bicyclic) bond motifs is 1. The SMILES string of the molecule is O=C=NC1(c2ccc(Br)c3c2OCCCO3)CC1. The van der Waals surface area contributed by atoms with Gasteiger partial charge in [0.15, 0.2) is 11.5 Å². The number of halogens is 1. The maximum atomic E-state index is 10.6. The fourth-order valence-corrected chi connectivity index (χ4v) is 2.66. The van der Waals surface area contributed by atoms with Crippen LogP contribution in [0.3, 0.4) is 0 Å². The molecular weight excluding hydrogens is 298 g/mol. The zero-order chi connectivity index (χ0) is 12.6. The Morgan fingerprint density at radius 2 is 1.94 bits per heavy atom. The van der Waals surface area contributed by atoms with Crippen LogP contribution in [0.1, 0.15) is 24.8 Å². The molecule has 5 heteroatoms. The van der Waals surface area contributed by atoms with E-state index in [1.165, 1.54) is 0 Å². The third-order valence-corrected chi connectivity index (χ3v) is 3.95. The summed E-state index contributed by atoms with van der Waals surface area (Å²) in [6.45, 7) is 1.26. The second-order valence-corrected chi connectivity index (χ2v) is 5.39. The molecule has 1 aromatic carbocycles. The van der Waals surface area contributed by atoms with Gasteiger partial charge in [-0.2, -0.15) is 4.99 Å². The van der Waals surface area contributed by atoms with Crippen molar-refractivity contribution in [2.75, 3.05) is 13.2 Å². The molecule has 94 valence electrons. The summed E-state index contributed by atoms with van der Waals surface area (Å²) < 4.78 is 12.4. The molecule has 0 aromatic heterocycles. The number of rotatable bonds is 2. The third-order valence-electron chi connectivity index (χ3n) is 3.33. The standard InChI is InChI=1S/C13H12BrNO3/c14-10-3-2-9(13(4-5-13)15-8-16)11-12(10)18-7-1-6-17-11/h2-3H,1,4-7H2. The van der Waals surface area contributed by atoms with E-state index in [4.69, 9.17) is 9.47 Å². The Morgan fingerprint density at radius 1 is 1.22 bits per heavy atom. The van der Waals surface area contributed by atoms with Gasteiger partial charge >= 0.3 is 0 Å². The molecule has 0 unspecified atom stereocenters. The second kappa shape index (κ2) is 4.41. The van der Waals surface area contributed by atoms with Gasteiger partial charge in [-0.25, -0.2) is 4.79 Å². The zero-order valence-corrected chi connectivity index (χ0v) is 11.3. The van der Waals surface area contributed by atoms with Gasteiger partial charge in [-0.1, -0.05) is 6.07 Å². The van der Waals surface area contributed by atoms with E-state index in [0.29, 0.717) is 13.2 Å². The maximum Gasteiger partial charge on any atom is 0.235 e. The van der Waals surface area contributed by atoms with Crippen LogP contribution in [0.2, 0.25) is 0 Å². The van der Waals surface area contributed by atoms with Crippen molar-refractivity contribution >= 4 is 22.0 Å². The van der Waals surface area contributed by atoms with Crippen LogP contribution >= 0.6 is 15.9 Å². The Labute approximate surface area is 113 Å². The average molecular weight is 310 g/mol. The van der Waals surface area contributed by atoms with E-state index in [-0.39, 0.29) is 0 Å². The van der Waals surface area contributed by atoms with Gasteiger partial charge in [-0.3, -0.25) is 0 Å². The molecule has 1 heterocycles. The Kier molecular flexibility index (Phi) is 2.88. The van der Waals surface area contributed by atoms with Crippen LogP contribution in [0.25, 0.3) is 0 Å². The summed E-state index contributed by atoms with van der Waals surface area (Å²) in [6, 6.07) is 3.87. The van der Waals surface area contributed by atoms with Crippen LogP contribution in [0.4, 0.5) is 0 Å². The molecule has 0 amide bonds. The predicted octanol–water partition coefficient (Wildman–Crippen LogP) is 2.94. The smallest absolute Gasteiger partial charge is 0.235 e. The van der Waals surface area contributed by atoms with Crippen molar-refractivity contribution in [3.05, 3.63) is 22.2 Å². The molecule has 3 rings (SSSR count). The lowest BCUT2D eigenvalue weighted by Crippen LogP contribution is -2.07. The van der Waals surface area contributed by atoms with Crippen molar-refractivity contribution < 1.29 is 14.3 Å². The van der Waals surface area contributed by atoms with E-state index in [1.807, 2.05) is 12.1 Å². The van der Waals surface area contributed by atoms with Crippen LogP contribution in [0.5, 0.6) is 11.5 Å². The van der Waals surface area contributed by atoms with Crippen LogP contribution in [0, 0.1) is 0 Å². The molecule has 1 aliphatic heterocycles. The summed E-state index contributed by atoms with van der Waals surface area (Å²) >= 11 is 3.46. The van der Waals surface area contributed by atoms with Gasteiger partial charge in [0.25, 0.3) is 0 Å². The largest absolute Gasteiger partial charge is 0.489 e. The molecule has 18 heavy (non-hydrogen) atoms. The van der Waals surface area contributed by atoms with Gasteiger partial charge < -0.3 is 9.47 Å². The first-order valence-electron chi connectivity index (χ1n) is 5.94. The maximum absolute atomic E-state index is 10.6. The second-order valence-electron chi connectivity index (χ2n) is 4.54. The molecule has 0 bridgehead atoms. The molecule has 2 aliphatic rings. The Balaban J connectivity index is 2.13. The average Bonchev–Trinajstić information content (AvgIpc) is 3.14. The van der Waals surface area contributed by atoms with Crippen molar-refractivity contribution in [2.24, 2.45) is 4.99 Å². The molecule has 1 fully saturated rings. The van der Waals surface area contributed by atoms with E-state index in [0.717, 1.165) is 40.8 Å². The summed E-state index contributed by atoms with van der Waals surface area (Å²) in [6.07, 6.45) is 4.25. The highest BCUT2D eigenvalue weighted by Crippen LogP contribution is 2.55. The van der Waals surface area contributed by atoms with Gasteiger partial charge in [-0.05, 0) is 34.8 Å². The van der Waals surface area contributed by atoms with Crippen molar-refractivity contribution in [3.8, 4) is 11.5 Å². The molecule has 0 radical (unpaired) electrons. The van der Waals surface area contributed by atoms with Crippen LogP contribution in [-0.2, 0) is 10.3 Å². The topological polar surface area (TPSA) is 47.9 Å². The number of ether oxygens (including phenoxy) is 2. The molecular formula is C13H12BrNO3. The molecule has 4 nitrogen and oxygen atoms in total. The minimum absolute atomic E-state index is 0.430. The van der Waals surface area contributed by atoms with Gasteiger partial charge in [0, 0.05) is 12.0 Å². The number of hydrogen-bond acceptors (Lipinski definition) is 4. The highest BCUT2D eigenvalue weighted by molar-refractivity contribution is 9.10. The molecule has 1 saturated carbocycles. The normalized spacial score (nSPS) is 19.6. The van der Waals surface area contributed by atoms with Crippen molar-refractivity contribution in [1.29, 1.82) is 0 Å². The first-order valence-corrected chi connectivity index (χ1v) is 6.74. The lowest BCUT2D eigenvalue weighted by molar-refractivity contribution is 0.295. The quantitative estimate of drug-likeness (QED) is 0.623. The third kappa shape index (κ3) is 1.84. The van der Waals surface area contributed by atoms with E-state index in [1.54, 1.807) is 6.08 Å². The minimum atomic E-state index is -0.430. The molecule has 0 N–H and O–H groups in total. The number of isocyanates is 1. The highest BCUT2D eigenvalue weighted by atomic mass is 79.9. The minimum Gasteiger partial charge on any atom is -0.489 e. The predicted molar refractivity (Wildman–Crippen MR) is 68.8 cm³/mol. The molecule has 0 atom stereocenters. The first-order chi connectivity index (χ1) is 8.77. The first kappa shape index (κ1) is 11.8. The zero-order valence-electron chi connectivity index (χ0n) is 9.74.